The van der Waals surface area contributed by atoms with Crippen molar-refractivity contribution in [1.29, 1.82) is 0 Å². The number of piperidine rings is 1. The normalized spacial score (nSPS) is 15.7. The van der Waals surface area contributed by atoms with Crippen LogP contribution >= 0.6 is 0 Å². The van der Waals surface area contributed by atoms with Crippen LogP contribution in [-0.4, -0.2) is 39.3 Å². The van der Waals surface area contributed by atoms with Crippen LogP contribution in [0.15, 0.2) is 18.2 Å². The van der Waals surface area contributed by atoms with E-state index < -0.39 is 0 Å². The number of hydrogen-bond acceptors (Lipinski definition) is 3. The minimum absolute atomic E-state index is 0.137. The molecule has 0 unspecified atom stereocenters. The maximum absolute atomic E-state index is 11.5. The number of nitrogens with zero attached hydrogens (tertiary/aromatic N) is 1. The summed E-state index contributed by atoms with van der Waals surface area (Å²) in [7, 11) is 3.68. The fraction of sp³-hybridized carbons (Fsp3) is 0.588. The lowest BCUT2D eigenvalue weighted by Gasteiger charge is -2.35. The van der Waals surface area contributed by atoms with Crippen molar-refractivity contribution in [1.82, 2.24) is 16.0 Å². The van der Waals surface area contributed by atoms with Crippen LogP contribution in [0.25, 0.3) is 0 Å². The van der Waals surface area contributed by atoms with Crippen molar-refractivity contribution in [2.75, 3.05) is 32.1 Å². The summed E-state index contributed by atoms with van der Waals surface area (Å²) in [4.78, 5) is 13.9. The van der Waals surface area contributed by atoms with Crippen molar-refractivity contribution in [2.45, 2.75) is 38.8 Å². The second-order valence-electron chi connectivity index (χ2n) is 5.80. The molecule has 1 aliphatic rings. The lowest BCUT2D eigenvalue weighted by atomic mass is 10.0. The highest BCUT2D eigenvalue weighted by atomic mass is 16.2. The van der Waals surface area contributed by atoms with E-state index in [9.17, 15) is 4.79 Å². The van der Waals surface area contributed by atoms with Crippen LogP contribution in [0.2, 0.25) is 0 Å². The molecule has 0 atom stereocenters. The van der Waals surface area contributed by atoms with Gasteiger partial charge in [0, 0.05) is 38.4 Å². The summed E-state index contributed by atoms with van der Waals surface area (Å²) in [5.74, 6) is 0. The summed E-state index contributed by atoms with van der Waals surface area (Å²) in [5.41, 5.74) is 3.76. The smallest absolute Gasteiger partial charge is 0.314 e. The Balaban J connectivity index is 2.13. The molecule has 122 valence electrons. The first-order valence-electron chi connectivity index (χ1n) is 8.17. The second-order valence-corrected chi connectivity index (χ2v) is 5.80. The van der Waals surface area contributed by atoms with Gasteiger partial charge >= 0.3 is 6.03 Å². The Morgan fingerprint density at radius 2 is 2.00 bits per heavy atom. The summed E-state index contributed by atoms with van der Waals surface area (Å²) in [6.07, 6.45) is 3.33. The molecule has 22 heavy (non-hydrogen) atoms. The molecule has 5 nitrogen and oxygen atoms in total. The van der Waals surface area contributed by atoms with Crippen LogP contribution in [0, 0.1) is 0 Å². The van der Waals surface area contributed by atoms with Gasteiger partial charge in [-0.05, 0) is 43.5 Å². The third kappa shape index (κ3) is 4.13. The molecule has 1 aromatic rings. The molecule has 1 aliphatic heterocycles. The van der Waals surface area contributed by atoms with Gasteiger partial charge in [0.2, 0.25) is 0 Å². The SMILES string of the molecule is CCc1ccc(N2CCC(NC)CC2)c(CNC(=O)NC)c1. The van der Waals surface area contributed by atoms with Crippen molar-refractivity contribution < 1.29 is 4.79 Å². The van der Waals surface area contributed by atoms with E-state index in [1.807, 2.05) is 7.05 Å². The average molecular weight is 304 g/mol. The number of benzene rings is 1. The Hall–Kier alpha value is -1.75. The number of hydrogen-bond donors (Lipinski definition) is 3. The Morgan fingerprint density at radius 3 is 2.59 bits per heavy atom. The Kier molecular flexibility index (Phi) is 6.07. The van der Waals surface area contributed by atoms with Crippen LogP contribution in [0.5, 0.6) is 0 Å². The van der Waals surface area contributed by atoms with E-state index in [-0.39, 0.29) is 6.03 Å². The first kappa shape index (κ1) is 16.6. The fourth-order valence-corrected chi connectivity index (χ4v) is 2.98. The lowest BCUT2D eigenvalue weighted by molar-refractivity contribution is 0.242. The number of amides is 2. The van der Waals surface area contributed by atoms with Crippen LogP contribution < -0.4 is 20.9 Å². The predicted molar refractivity (Wildman–Crippen MR) is 91.4 cm³/mol. The highest BCUT2D eigenvalue weighted by Gasteiger charge is 2.20. The Labute approximate surface area is 133 Å². The van der Waals surface area contributed by atoms with Gasteiger partial charge in [0.25, 0.3) is 0 Å². The number of carbonyl (C=O) groups is 1. The van der Waals surface area contributed by atoms with Crippen LogP contribution in [-0.2, 0) is 13.0 Å². The minimum Gasteiger partial charge on any atom is -0.371 e. The van der Waals surface area contributed by atoms with Gasteiger partial charge in [-0.15, -0.1) is 0 Å². The van der Waals surface area contributed by atoms with Gasteiger partial charge in [0.1, 0.15) is 0 Å². The van der Waals surface area contributed by atoms with Crippen molar-refractivity contribution in [3.8, 4) is 0 Å². The van der Waals surface area contributed by atoms with E-state index in [2.05, 4.69) is 46.0 Å². The van der Waals surface area contributed by atoms with E-state index in [0.29, 0.717) is 12.6 Å². The molecule has 0 radical (unpaired) electrons. The quantitative estimate of drug-likeness (QED) is 0.778. The van der Waals surface area contributed by atoms with Crippen LogP contribution in [0.3, 0.4) is 0 Å². The third-order valence-corrected chi connectivity index (χ3v) is 4.46. The predicted octanol–water partition coefficient (Wildman–Crippen LogP) is 1.87. The molecule has 0 spiro atoms. The zero-order valence-corrected chi connectivity index (χ0v) is 13.9. The molecule has 0 bridgehead atoms. The highest BCUT2D eigenvalue weighted by molar-refractivity contribution is 5.73. The molecular weight excluding hydrogens is 276 g/mol. The summed E-state index contributed by atoms with van der Waals surface area (Å²) in [5, 5.41) is 8.88. The molecule has 2 rings (SSSR count). The molecule has 1 fully saturated rings. The zero-order chi connectivity index (χ0) is 15.9. The van der Waals surface area contributed by atoms with E-state index in [0.717, 1.165) is 32.4 Å². The maximum atomic E-state index is 11.5. The molecule has 1 aromatic carbocycles. The largest absolute Gasteiger partial charge is 0.371 e. The van der Waals surface area contributed by atoms with Crippen molar-refractivity contribution in [3.05, 3.63) is 29.3 Å². The average Bonchev–Trinajstić information content (AvgIpc) is 2.59. The van der Waals surface area contributed by atoms with Gasteiger partial charge in [-0.1, -0.05) is 19.1 Å². The number of urea groups is 1. The van der Waals surface area contributed by atoms with Crippen molar-refractivity contribution in [3.63, 3.8) is 0 Å². The van der Waals surface area contributed by atoms with Gasteiger partial charge < -0.3 is 20.9 Å². The van der Waals surface area contributed by atoms with Crippen molar-refractivity contribution >= 4 is 11.7 Å². The summed E-state index contributed by atoms with van der Waals surface area (Å²) < 4.78 is 0. The topological polar surface area (TPSA) is 56.4 Å². The summed E-state index contributed by atoms with van der Waals surface area (Å²) in [6, 6.07) is 7.11. The molecule has 3 N–H and O–H groups in total. The highest BCUT2D eigenvalue weighted by Crippen LogP contribution is 2.25. The van der Waals surface area contributed by atoms with Gasteiger partial charge in [-0.3, -0.25) is 0 Å². The lowest BCUT2D eigenvalue weighted by Crippen LogP contribution is -2.41. The fourth-order valence-electron chi connectivity index (χ4n) is 2.98. The molecule has 0 aliphatic carbocycles. The summed E-state index contributed by atoms with van der Waals surface area (Å²) in [6.45, 7) is 4.84. The molecule has 2 amide bonds. The number of carbonyl (C=O) groups excluding carboxylic acids is 1. The number of anilines is 1. The number of rotatable bonds is 5. The molecular formula is C17H28N4O. The molecule has 0 aromatic heterocycles. The number of aryl methyl sites for hydroxylation is 1. The van der Waals surface area contributed by atoms with E-state index in [1.54, 1.807) is 7.05 Å². The maximum Gasteiger partial charge on any atom is 0.314 e. The van der Waals surface area contributed by atoms with Crippen molar-refractivity contribution in [2.24, 2.45) is 0 Å². The van der Waals surface area contributed by atoms with E-state index >= 15 is 0 Å². The molecule has 0 saturated carbocycles. The van der Waals surface area contributed by atoms with Gasteiger partial charge in [0.15, 0.2) is 0 Å². The Bertz CT molecular complexity index is 495. The molecule has 5 heteroatoms. The first-order valence-corrected chi connectivity index (χ1v) is 8.17. The van der Waals surface area contributed by atoms with Crippen LogP contribution in [0.4, 0.5) is 10.5 Å². The zero-order valence-electron chi connectivity index (χ0n) is 13.9. The molecule has 1 saturated heterocycles. The number of nitrogens with one attached hydrogen (secondary N) is 3. The standard InChI is InChI=1S/C17H28N4O/c1-4-13-5-6-16(14(11-13)12-20-17(22)19-3)21-9-7-15(18-2)8-10-21/h5-6,11,15,18H,4,7-10,12H2,1-3H3,(H2,19,20,22). The van der Waals surface area contributed by atoms with E-state index in [1.165, 1.54) is 16.8 Å². The monoisotopic (exact) mass is 304 g/mol. The summed E-state index contributed by atoms with van der Waals surface area (Å²) >= 11 is 0. The Morgan fingerprint density at radius 1 is 1.27 bits per heavy atom. The van der Waals surface area contributed by atoms with Gasteiger partial charge in [0.05, 0.1) is 0 Å². The molecule has 1 heterocycles. The second kappa shape index (κ2) is 8.03. The van der Waals surface area contributed by atoms with Crippen LogP contribution in [0.1, 0.15) is 30.9 Å². The van der Waals surface area contributed by atoms with Gasteiger partial charge in [-0.25, -0.2) is 4.79 Å². The van der Waals surface area contributed by atoms with E-state index in [4.69, 9.17) is 0 Å². The first-order chi connectivity index (χ1) is 10.7. The van der Waals surface area contributed by atoms with Gasteiger partial charge in [-0.2, -0.15) is 0 Å². The third-order valence-electron chi connectivity index (χ3n) is 4.46. The minimum atomic E-state index is -0.137.